The standard InChI is InChI=1S/C24H26ClN5O5S2/c1-7-10-30-20(15-11-14(25)8-9-16(15)34-5)27-28-24(30)36-12-17(31)26-21-18(23(33)35-6)13(2)19(37-21)22(32)29(3)4/h7-9,11H,1,10,12H2,2-6H3,(H,26,31). The third kappa shape index (κ3) is 6.14. The number of amides is 2. The Kier molecular flexibility index (Phi) is 9.35. The van der Waals surface area contributed by atoms with Crippen LogP contribution in [0.1, 0.15) is 25.6 Å². The van der Waals surface area contributed by atoms with Crippen LogP contribution in [0, 0.1) is 6.92 Å². The van der Waals surface area contributed by atoms with Gasteiger partial charge in [0.25, 0.3) is 5.91 Å². The third-order valence-corrected chi connectivity index (χ3v) is 7.55. The number of nitrogens with one attached hydrogen (secondary N) is 1. The number of carbonyl (C=O) groups excluding carboxylic acids is 3. The van der Waals surface area contributed by atoms with E-state index in [-0.39, 0.29) is 22.2 Å². The molecule has 0 fully saturated rings. The van der Waals surface area contributed by atoms with Crippen molar-refractivity contribution in [1.29, 1.82) is 0 Å². The van der Waals surface area contributed by atoms with E-state index in [4.69, 9.17) is 21.1 Å². The zero-order valence-electron chi connectivity index (χ0n) is 21.0. The van der Waals surface area contributed by atoms with E-state index in [0.717, 1.165) is 23.1 Å². The summed E-state index contributed by atoms with van der Waals surface area (Å²) in [5, 5.41) is 12.5. The molecule has 0 spiro atoms. The van der Waals surface area contributed by atoms with Crippen LogP contribution in [0.15, 0.2) is 36.0 Å². The molecule has 1 aromatic carbocycles. The van der Waals surface area contributed by atoms with E-state index in [1.54, 1.807) is 57.0 Å². The van der Waals surface area contributed by atoms with Gasteiger partial charge in [-0.3, -0.25) is 14.2 Å². The van der Waals surface area contributed by atoms with Crippen molar-refractivity contribution in [3.8, 4) is 17.1 Å². The molecule has 37 heavy (non-hydrogen) atoms. The van der Waals surface area contributed by atoms with Crippen LogP contribution >= 0.6 is 34.7 Å². The van der Waals surface area contributed by atoms with Crippen molar-refractivity contribution in [3.63, 3.8) is 0 Å². The molecule has 2 heterocycles. The summed E-state index contributed by atoms with van der Waals surface area (Å²) in [6.45, 7) is 5.83. The number of aromatic nitrogens is 3. The Morgan fingerprint density at radius 1 is 1.27 bits per heavy atom. The van der Waals surface area contributed by atoms with Crippen molar-refractivity contribution in [2.24, 2.45) is 0 Å². The molecular weight excluding hydrogens is 538 g/mol. The van der Waals surface area contributed by atoms with Crippen molar-refractivity contribution >= 4 is 57.5 Å². The fourth-order valence-corrected chi connectivity index (χ4v) is 5.55. The number of methoxy groups -OCH3 is 2. The summed E-state index contributed by atoms with van der Waals surface area (Å²) in [6, 6.07) is 5.18. The normalized spacial score (nSPS) is 10.6. The fraction of sp³-hybridized carbons (Fsp3) is 0.292. The van der Waals surface area contributed by atoms with Gasteiger partial charge in [-0.1, -0.05) is 29.4 Å². The molecule has 10 nitrogen and oxygen atoms in total. The minimum absolute atomic E-state index is 0.0313. The summed E-state index contributed by atoms with van der Waals surface area (Å²) in [7, 11) is 6.02. The first kappa shape index (κ1) is 28.2. The Labute approximate surface area is 227 Å². The number of nitrogens with zero attached hydrogens (tertiary/aromatic N) is 4. The molecule has 2 aromatic heterocycles. The van der Waals surface area contributed by atoms with Gasteiger partial charge in [0.2, 0.25) is 5.91 Å². The highest BCUT2D eigenvalue weighted by atomic mass is 35.5. The molecule has 0 atom stereocenters. The summed E-state index contributed by atoms with van der Waals surface area (Å²) in [6.07, 6.45) is 1.69. The lowest BCUT2D eigenvalue weighted by Gasteiger charge is -2.11. The number of benzene rings is 1. The monoisotopic (exact) mass is 563 g/mol. The molecule has 13 heteroatoms. The Hall–Kier alpha value is -3.35. The number of esters is 1. The summed E-state index contributed by atoms with van der Waals surface area (Å²) < 4.78 is 12.1. The summed E-state index contributed by atoms with van der Waals surface area (Å²) in [5.41, 5.74) is 1.25. The number of allylic oxidation sites excluding steroid dienone is 1. The maximum Gasteiger partial charge on any atom is 0.341 e. The lowest BCUT2D eigenvalue weighted by molar-refractivity contribution is -0.113. The summed E-state index contributed by atoms with van der Waals surface area (Å²) in [4.78, 5) is 39.6. The van der Waals surface area contributed by atoms with Crippen molar-refractivity contribution in [1.82, 2.24) is 19.7 Å². The SMILES string of the molecule is C=CCn1c(SCC(=O)Nc2sc(C(=O)N(C)C)c(C)c2C(=O)OC)nnc1-c1cc(Cl)ccc1OC. The first-order chi connectivity index (χ1) is 17.6. The van der Waals surface area contributed by atoms with Crippen LogP contribution in [0.5, 0.6) is 5.75 Å². The predicted octanol–water partition coefficient (Wildman–Crippen LogP) is 4.38. The van der Waals surface area contributed by atoms with E-state index in [1.807, 2.05) is 0 Å². The molecular formula is C24H26ClN5O5S2. The average Bonchev–Trinajstić information content (AvgIpc) is 3.42. The van der Waals surface area contributed by atoms with E-state index in [0.29, 0.717) is 44.3 Å². The largest absolute Gasteiger partial charge is 0.496 e. The van der Waals surface area contributed by atoms with Crippen LogP contribution in [0.4, 0.5) is 5.00 Å². The molecule has 3 aromatic rings. The Morgan fingerprint density at radius 3 is 2.62 bits per heavy atom. The number of hydrogen-bond acceptors (Lipinski definition) is 9. The first-order valence-electron chi connectivity index (χ1n) is 10.9. The molecule has 0 aliphatic heterocycles. The smallest absolute Gasteiger partial charge is 0.341 e. The number of hydrogen-bond donors (Lipinski definition) is 1. The lowest BCUT2D eigenvalue weighted by Crippen LogP contribution is -2.21. The van der Waals surface area contributed by atoms with Gasteiger partial charge in [0.1, 0.15) is 10.8 Å². The van der Waals surface area contributed by atoms with Gasteiger partial charge >= 0.3 is 5.97 Å². The topological polar surface area (TPSA) is 116 Å². The number of ether oxygens (including phenoxy) is 2. The lowest BCUT2D eigenvalue weighted by atomic mass is 10.1. The molecule has 196 valence electrons. The van der Waals surface area contributed by atoms with Crippen LogP contribution in [-0.2, 0) is 16.1 Å². The highest BCUT2D eigenvalue weighted by Gasteiger charge is 2.27. The zero-order valence-corrected chi connectivity index (χ0v) is 23.3. The van der Waals surface area contributed by atoms with Crippen LogP contribution in [0.3, 0.4) is 0 Å². The second-order valence-corrected chi connectivity index (χ2v) is 10.2. The van der Waals surface area contributed by atoms with Crippen molar-refractivity contribution in [2.75, 3.05) is 39.4 Å². The van der Waals surface area contributed by atoms with Gasteiger partial charge < -0.3 is 19.7 Å². The zero-order chi connectivity index (χ0) is 27.3. The first-order valence-corrected chi connectivity index (χ1v) is 13.0. The molecule has 0 saturated heterocycles. The van der Waals surface area contributed by atoms with Crippen LogP contribution in [0.2, 0.25) is 5.02 Å². The Bertz CT molecular complexity index is 1350. The van der Waals surface area contributed by atoms with Gasteiger partial charge in [-0.25, -0.2) is 4.79 Å². The van der Waals surface area contributed by atoms with Gasteiger partial charge in [-0.05, 0) is 30.7 Å². The predicted molar refractivity (Wildman–Crippen MR) is 145 cm³/mol. The van der Waals surface area contributed by atoms with Crippen molar-refractivity contribution in [3.05, 3.63) is 51.9 Å². The number of thiophene rings is 1. The molecule has 2 amide bonds. The summed E-state index contributed by atoms with van der Waals surface area (Å²) >= 11 is 8.37. The van der Waals surface area contributed by atoms with E-state index in [1.165, 1.54) is 12.0 Å². The van der Waals surface area contributed by atoms with E-state index in [2.05, 4.69) is 22.1 Å². The molecule has 0 saturated carbocycles. The van der Waals surface area contributed by atoms with Crippen molar-refractivity contribution < 1.29 is 23.9 Å². The molecule has 0 aliphatic carbocycles. The maximum absolute atomic E-state index is 12.9. The number of anilines is 1. The molecule has 0 aliphatic rings. The van der Waals surface area contributed by atoms with Crippen LogP contribution in [0.25, 0.3) is 11.4 Å². The molecule has 0 unspecified atom stereocenters. The maximum atomic E-state index is 12.9. The number of rotatable bonds is 10. The van der Waals surface area contributed by atoms with E-state index in [9.17, 15) is 14.4 Å². The molecule has 1 N–H and O–H groups in total. The summed E-state index contributed by atoms with van der Waals surface area (Å²) in [5.74, 6) is -0.255. The van der Waals surface area contributed by atoms with Crippen LogP contribution in [-0.4, -0.2) is 71.5 Å². The minimum Gasteiger partial charge on any atom is -0.496 e. The Balaban J connectivity index is 1.85. The van der Waals surface area contributed by atoms with Gasteiger partial charge in [0.05, 0.1) is 36.0 Å². The van der Waals surface area contributed by atoms with E-state index >= 15 is 0 Å². The van der Waals surface area contributed by atoms with Gasteiger partial charge in [0.15, 0.2) is 11.0 Å². The average molecular weight is 564 g/mol. The quantitative estimate of drug-likeness (QED) is 0.219. The second kappa shape index (κ2) is 12.3. The highest BCUT2D eigenvalue weighted by molar-refractivity contribution is 7.99. The van der Waals surface area contributed by atoms with Crippen molar-refractivity contribution in [2.45, 2.75) is 18.6 Å². The Morgan fingerprint density at radius 2 is 2.00 bits per heavy atom. The van der Waals surface area contributed by atoms with Gasteiger partial charge in [-0.2, -0.15) is 0 Å². The van der Waals surface area contributed by atoms with Crippen LogP contribution < -0.4 is 10.1 Å². The van der Waals surface area contributed by atoms with E-state index < -0.39 is 11.9 Å². The fourth-order valence-electron chi connectivity index (χ4n) is 3.39. The second-order valence-electron chi connectivity index (χ2n) is 7.84. The number of carbonyl (C=O) groups is 3. The molecule has 0 radical (unpaired) electrons. The third-order valence-electron chi connectivity index (χ3n) is 5.15. The van der Waals surface area contributed by atoms with Gasteiger partial charge in [-0.15, -0.1) is 28.1 Å². The number of halogens is 1. The van der Waals surface area contributed by atoms with Gasteiger partial charge in [0, 0.05) is 25.7 Å². The number of thioether (sulfide) groups is 1. The molecule has 0 bridgehead atoms. The molecule has 3 rings (SSSR count). The minimum atomic E-state index is -0.639. The highest BCUT2D eigenvalue weighted by Crippen LogP contribution is 2.35.